The second-order valence-electron chi connectivity index (χ2n) is 5.73. The standard InChI is InChI=1S/C17H22N2O3S/c1-12(2)17(4,11-18)19-15(20)9-22-16(21)10-23-14-8-6-5-7-13(14)3/h5-8,12H,9-10H2,1-4H3,(H,19,20)/t17-/m1/s1. The van der Waals surface area contributed by atoms with Gasteiger partial charge in [-0.1, -0.05) is 32.0 Å². The van der Waals surface area contributed by atoms with Crippen molar-refractivity contribution in [1.82, 2.24) is 5.32 Å². The molecule has 0 aliphatic heterocycles. The molecule has 0 heterocycles. The van der Waals surface area contributed by atoms with Crippen LogP contribution in [0.15, 0.2) is 29.2 Å². The summed E-state index contributed by atoms with van der Waals surface area (Å²) in [7, 11) is 0. The van der Waals surface area contributed by atoms with Crippen LogP contribution in [0.4, 0.5) is 0 Å². The zero-order valence-corrected chi connectivity index (χ0v) is 14.7. The Morgan fingerprint density at radius 2 is 2.04 bits per heavy atom. The van der Waals surface area contributed by atoms with Gasteiger partial charge in [0.15, 0.2) is 6.61 Å². The molecule has 1 atom stereocenters. The van der Waals surface area contributed by atoms with Gasteiger partial charge in [-0.05, 0) is 31.4 Å². The van der Waals surface area contributed by atoms with Gasteiger partial charge in [-0.3, -0.25) is 9.59 Å². The van der Waals surface area contributed by atoms with Crippen LogP contribution in [0.25, 0.3) is 0 Å². The van der Waals surface area contributed by atoms with Crippen LogP contribution in [0.3, 0.4) is 0 Å². The lowest BCUT2D eigenvalue weighted by molar-refractivity contribution is -0.146. The third-order valence-electron chi connectivity index (χ3n) is 3.59. The zero-order valence-electron chi connectivity index (χ0n) is 13.9. The molecule has 0 radical (unpaired) electrons. The van der Waals surface area contributed by atoms with E-state index in [-0.39, 0.29) is 18.3 Å². The highest BCUT2D eigenvalue weighted by Gasteiger charge is 2.30. The van der Waals surface area contributed by atoms with Gasteiger partial charge < -0.3 is 10.1 Å². The van der Waals surface area contributed by atoms with Crippen LogP contribution in [0, 0.1) is 24.2 Å². The minimum atomic E-state index is -0.973. The number of amides is 1. The number of esters is 1. The number of carbonyl (C=O) groups is 2. The van der Waals surface area contributed by atoms with Crippen molar-refractivity contribution in [2.75, 3.05) is 12.4 Å². The van der Waals surface area contributed by atoms with Gasteiger partial charge in [-0.25, -0.2) is 0 Å². The minimum absolute atomic E-state index is 0.0521. The largest absolute Gasteiger partial charge is 0.455 e. The fourth-order valence-electron chi connectivity index (χ4n) is 1.67. The fourth-order valence-corrected chi connectivity index (χ4v) is 2.50. The minimum Gasteiger partial charge on any atom is -0.455 e. The molecule has 0 saturated heterocycles. The SMILES string of the molecule is Cc1ccccc1SCC(=O)OCC(=O)N[C@](C)(C#N)C(C)C. The number of nitrogens with one attached hydrogen (secondary N) is 1. The molecule has 124 valence electrons. The molecule has 6 heteroatoms. The van der Waals surface area contributed by atoms with E-state index < -0.39 is 17.4 Å². The van der Waals surface area contributed by atoms with Crippen molar-refractivity contribution in [2.24, 2.45) is 5.92 Å². The Labute approximate surface area is 141 Å². The average Bonchev–Trinajstić information content (AvgIpc) is 2.51. The molecule has 0 aromatic heterocycles. The van der Waals surface area contributed by atoms with Crippen molar-refractivity contribution in [2.45, 2.75) is 38.1 Å². The van der Waals surface area contributed by atoms with Crippen LogP contribution >= 0.6 is 11.8 Å². The van der Waals surface area contributed by atoms with Crippen molar-refractivity contribution in [3.63, 3.8) is 0 Å². The molecule has 5 nitrogen and oxygen atoms in total. The van der Waals surface area contributed by atoms with E-state index in [0.717, 1.165) is 10.5 Å². The molecule has 0 unspecified atom stereocenters. The van der Waals surface area contributed by atoms with Gasteiger partial charge in [-0.2, -0.15) is 5.26 Å². The zero-order chi connectivity index (χ0) is 17.5. The van der Waals surface area contributed by atoms with E-state index >= 15 is 0 Å². The van der Waals surface area contributed by atoms with Crippen LogP contribution in [0.1, 0.15) is 26.3 Å². The van der Waals surface area contributed by atoms with Crippen LogP contribution in [-0.4, -0.2) is 29.8 Å². The van der Waals surface area contributed by atoms with E-state index in [1.807, 2.05) is 45.0 Å². The number of hydrogen-bond acceptors (Lipinski definition) is 5. The molecular weight excluding hydrogens is 312 g/mol. The van der Waals surface area contributed by atoms with Crippen molar-refractivity contribution in [3.8, 4) is 6.07 Å². The van der Waals surface area contributed by atoms with Crippen molar-refractivity contribution in [1.29, 1.82) is 5.26 Å². The molecule has 0 bridgehead atoms. The lowest BCUT2D eigenvalue weighted by Crippen LogP contribution is -2.50. The van der Waals surface area contributed by atoms with Gasteiger partial charge in [0.1, 0.15) is 5.54 Å². The molecule has 0 saturated carbocycles. The number of thioether (sulfide) groups is 1. The number of nitrogens with zero attached hydrogens (tertiary/aromatic N) is 1. The maximum Gasteiger partial charge on any atom is 0.316 e. The summed E-state index contributed by atoms with van der Waals surface area (Å²) in [5, 5.41) is 11.7. The van der Waals surface area contributed by atoms with E-state index in [4.69, 9.17) is 10.00 Å². The van der Waals surface area contributed by atoms with Crippen molar-refractivity contribution in [3.05, 3.63) is 29.8 Å². The van der Waals surface area contributed by atoms with Crippen molar-refractivity contribution < 1.29 is 14.3 Å². The van der Waals surface area contributed by atoms with E-state index in [1.165, 1.54) is 11.8 Å². The smallest absolute Gasteiger partial charge is 0.316 e. The monoisotopic (exact) mass is 334 g/mol. The number of rotatable bonds is 7. The summed E-state index contributed by atoms with van der Waals surface area (Å²) in [6.45, 7) is 6.92. The highest BCUT2D eigenvalue weighted by atomic mass is 32.2. The predicted molar refractivity (Wildman–Crippen MR) is 89.9 cm³/mol. The molecule has 0 fully saturated rings. The summed E-state index contributed by atoms with van der Waals surface area (Å²) >= 11 is 1.37. The average molecular weight is 334 g/mol. The fraction of sp³-hybridized carbons (Fsp3) is 0.471. The summed E-state index contributed by atoms with van der Waals surface area (Å²) in [4.78, 5) is 24.5. The molecule has 1 aromatic rings. The number of ether oxygens (including phenoxy) is 1. The topological polar surface area (TPSA) is 79.2 Å². The second kappa shape index (κ2) is 8.59. The lowest BCUT2D eigenvalue weighted by atomic mass is 9.90. The Balaban J connectivity index is 2.40. The lowest BCUT2D eigenvalue weighted by Gasteiger charge is -2.27. The maximum atomic E-state index is 11.8. The van der Waals surface area contributed by atoms with E-state index in [9.17, 15) is 9.59 Å². The molecule has 0 spiro atoms. The number of benzene rings is 1. The second-order valence-corrected chi connectivity index (χ2v) is 6.75. The first-order chi connectivity index (χ1) is 10.8. The van der Waals surface area contributed by atoms with Gasteiger partial charge in [0.2, 0.25) is 0 Å². The summed E-state index contributed by atoms with van der Waals surface area (Å²) in [5.74, 6) is -0.852. The van der Waals surface area contributed by atoms with Gasteiger partial charge in [-0.15, -0.1) is 11.8 Å². The molecule has 0 aliphatic rings. The Hall–Kier alpha value is -2.00. The molecule has 1 amide bonds. The number of nitriles is 1. The maximum absolute atomic E-state index is 11.8. The van der Waals surface area contributed by atoms with Crippen molar-refractivity contribution >= 4 is 23.6 Å². The van der Waals surface area contributed by atoms with E-state index in [2.05, 4.69) is 11.4 Å². The highest BCUT2D eigenvalue weighted by molar-refractivity contribution is 8.00. The molecule has 23 heavy (non-hydrogen) atoms. The molecule has 1 N–H and O–H groups in total. The Morgan fingerprint density at radius 3 is 2.61 bits per heavy atom. The summed E-state index contributed by atoms with van der Waals surface area (Å²) in [6, 6.07) is 9.81. The van der Waals surface area contributed by atoms with Crippen LogP contribution in [0.2, 0.25) is 0 Å². The van der Waals surface area contributed by atoms with Gasteiger partial charge in [0.25, 0.3) is 5.91 Å². The van der Waals surface area contributed by atoms with Gasteiger partial charge in [0, 0.05) is 4.90 Å². The third kappa shape index (κ3) is 5.95. The summed E-state index contributed by atoms with van der Waals surface area (Å²) < 4.78 is 4.95. The summed E-state index contributed by atoms with van der Waals surface area (Å²) in [5.41, 5.74) is 0.115. The van der Waals surface area contributed by atoms with E-state index in [0.29, 0.717) is 0 Å². The number of hydrogen-bond donors (Lipinski definition) is 1. The summed E-state index contributed by atoms with van der Waals surface area (Å²) in [6.07, 6.45) is 0. The Kier molecular flexibility index (Phi) is 7.11. The van der Waals surface area contributed by atoms with Crippen LogP contribution in [-0.2, 0) is 14.3 Å². The molecule has 1 rings (SSSR count). The Bertz CT molecular complexity index is 610. The Morgan fingerprint density at radius 1 is 1.39 bits per heavy atom. The molecule has 0 aliphatic carbocycles. The predicted octanol–water partition coefficient (Wildman–Crippen LogP) is 2.68. The molecule has 1 aromatic carbocycles. The highest BCUT2D eigenvalue weighted by Crippen LogP contribution is 2.21. The van der Waals surface area contributed by atoms with E-state index in [1.54, 1.807) is 6.92 Å². The van der Waals surface area contributed by atoms with Gasteiger partial charge >= 0.3 is 5.97 Å². The quantitative estimate of drug-likeness (QED) is 0.612. The number of aryl methyl sites for hydroxylation is 1. The van der Waals surface area contributed by atoms with Gasteiger partial charge in [0.05, 0.1) is 11.8 Å². The number of carbonyl (C=O) groups excluding carboxylic acids is 2. The molecular formula is C17H22N2O3S. The first kappa shape index (κ1) is 19.0. The van der Waals surface area contributed by atoms with Crippen LogP contribution in [0.5, 0.6) is 0 Å². The van der Waals surface area contributed by atoms with Crippen LogP contribution < -0.4 is 5.32 Å². The normalized spacial score (nSPS) is 13.0. The first-order valence-corrected chi connectivity index (χ1v) is 8.33. The first-order valence-electron chi connectivity index (χ1n) is 7.35. The third-order valence-corrected chi connectivity index (χ3v) is 4.74.